The molecule has 3 rings (SSSR count). The van der Waals surface area contributed by atoms with E-state index in [-0.39, 0.29) is 5.75 Å². The molecule has 21 heavy (non-hydrogen) atoms. The molecule has 2 aromatic heterocycles. The smallest absolute Gasteiger partial charge is 0.406 e. The van der Waals surface area contributed by atoms with Crippen molar-refractivity contribution in [2.45, 2.75) is 6.36 Å². The first-order chi connectivity index (χ1) is 9.92. The third-order valence-corrected chi connectivity index (χ3v) is 2.75. The van der Waals surface area contributed by atoms with Crippen molar-refractivity contribution < 1.29 is 17.9 Å². The van der Waals surface area contributed by atoms with Gasteiger partial charge in [0.05, 0.1) is 0 Å². The Kier molecular flexibility index (Phi) is 3.08. The maximum absolute atomic E-state index is 12.2. The molecule has 0 saturated carbocycles. The number of pyridine rings is 1. The lowest BCUT2D eigenvalue weighted by Gasteiger charge is -2.09. The van der Waals surface area contributed by atoms with Crippen LogP contribution in [0.5, 0.6) is 5.75 Å². The molecule has 0 atom stereocenters. The molecule has 0 saturated heterocycles. The van der Waals surface area contributed by atoms with Gasteiger partial charge in [0.15, 0.2) is 11.5 Å². The Morgan fingerprint density at radius 1 is 1.10 bits per heavy atom. The largest absolute Gasteiger partial charge is 0.573 e. The second-order valence-electron chi connectivity index (χ2n) is 4.29. The van der Waals surface area contributed by atoms with E-state index in [0.717, 1.165) is 0 Å². The van der Waals surface area contributed by atoms with Gasteiger partial charge >= 0.3 is 6.36 Å². The fourth-order valence-corrected chi connectivity index (χ4v) is 1.94. The summed E-state index contributed by atoms with van der Waals surface area (Å²) >= 11 is 0. The molecule has 2 radical (unpaired) electrons. The Morgan fingerprint density at radius 2 is 1.90 bits per heavy atom. The van der Waals surface area contributed by atoms with Crippen molar-refractivity contribution in [2.24, 2.45) is 0 Å². The number of fused-ring (bicyclic) bond motifs is 1. The topological polar surface area (TPSA) is 39.4 Å². The van der Waals surface area contributed by atoms with Gasteiger partial charge in [0.25, 0.3) is 0 Å². The number of benzene rings is 1. The summed E-state index contributed by atoms with van der Waals surface area (Å²) in [6, 6.07) is 8.85. The molecule has 0 aliphatic carbocycles. The predicted molar refractivity (Wildman–Crippen MR) is 70.5 cm³/mol. The van der Waals surface area contributed by atoms with Crippen molar-refractivity contribution in [2.75, 3.05) is 0 Å². The van der Waals surface area contributed by atoms with Crippen LogP contribution in [0.1, 0.15) is 0 Å². The van der Waals surface area contributed by atoms with Crippen molar-refractivity contribution in [1.82, 2.24) is 14.6 Å². The molecule has 4 nitrogen and oxygen atoms in total. The number of ether oxygens (including phenoxy) is 1. The number of hydrogen-bond donors (Lipinski definition) is 0. The minimum Gasteiger partial charge on any atom is -0.406 e. The van der Waals surface area contributed by atoms with Crippen molar-refractivity contribution in [3.8, 4) is 17.1 Å². The maximum Gasteiger partial charge on any atom is 0.573 e. The summed E-state index contributed by atoms with van der Waals surface area (Å²) in [4.78, 5) is 0. The molecular weight excluding hydrogens is 282 g/mol. The Labute approximate surface area is 118 Å². The number of hydrogen-bond acceptors (Lipinski definition) is 3. The number of nitrogens with zero attached hydrogens (tertiary/aromatic N) is 3. The normalized spacial score (nSPS) is 11.8. The van der Waals surface area contributed by atoms with Gasteiger partial charge in [-0.05, 0) is 18.2 Å². The minimum absolute atomic E-state index is 0.319. The summed E-state index contributed by atoms with van der Waals surface area (Å²) in [5.41, 5.74) is 1.47. The molecule has 0 amide bonds. The number of halogens is 3. The van der Waals surface area contributed by atoms with Crippen LogP contribution in [-0.4, -0.2) is 28.8 Å². The molecule has 2 heterocycles. The molecule has 0 aliphatic rings. The summed E-state index contributed by atoms with van der Waals surface area (Å²) in [6.45, 7) is 0. The highest BCUT2D eigenvalue weighted by molar-refractivity contribution is 6.32. The van der Waals surface area contributed by atoms with Gasteiger partial charge in [0, 0.05) is 11.8 Å². The molecule has 3 aromatic rings. The van der Waals surface area contributed by atoms with Crippen LogP contribution < -0.4 is 10.2 Å². The zero-order chi connectivity index (χ0) is 15.0. The molecule has 0 bridgehead atoms. The monoisotopic (exact) mass is 289 g/mol. The highest BCUT2D eigenvalue weighted by atomic mass is 19.4. The lowest BCUT2D eigenvalue weighted by atomic mass is 9.99. The minimum atomic E-state index is -4.74. The Balaban J connectivity index is 2.06. The zero-order valence-corrected chi connectivity index (χ0v) is 10.5. The SMILES string of the molecule is [B]c1ccc2nnc(-c3cccc(OC(F)(F)F)c3)n2c1. The van der Waals surface area contributed by atoms with Crippen LogP contribution in [0.2, 0.25) is 0 Å². The van der Waals surface area contributed by atoms with Crippen molar-refractivity contribution >= 4 is 19.0 Å². The predicted octanol–water partition coefficient (Wildman–Crippen LogP) is 2.09. The van der Waals surface area contributed by atoms with E-state index < -0.39 is 6.36 Å². The van der Waals surface area contributed by atoms with Gasteiger partial charge in [-0.25, -0.2) is 0 Å². The van der Waals surface area contributed by atoms with Crippen molar-refractivity contribution in [3.05, 3.63) is 42.6 Å². The Morgan fingerprint density at radius 3 is 2.67 bits per heavy atom. The average molecular weight is 289 g/mol. The van der Waals surface area contributed by atoms with Crippen LogP contribution in [0.4, 0.5) is 13.2 Å². The van der Waals surface area contributed by atoms with E-state index in [4.69, 9.17) is 7.85 Å². The first-order valence-corrected chi connectivity index (χ1v) is 5.89. The summed E-state index contributed by atoms with van der Waals surface area (Å²) < 4.78 is 42.2. The molecule has 0 aliphatic heterocycles. The standard InChI is InChI=1S/C13H7BF3N3O/c14-9-4-5-11-18-19-12(20(11)7-9)8-2-1-3-10(6-8)21-13(15,16)17/h1-7H. The molecule has 8 heteroatoms. The van der Waals surface area contributed by atoms with Crippen LogP contribution in [0.25, 0.3) is 17.0 Å². The van der Waals surface area contributed by atoms with Gasteiger partial charge in [-0.15, -0.1) is 23.4 Å². The van der Waals surface area contributed by atoms with E-state index in [2.05, 4.69) is 14.9 Å². The second kappa shape index (κ2) is 4.80. The summed E-state index contributed by atoms with van der Waals surface area (Å²) in [5.74, 6) is 0.0607. The number of aromatic nitrogens is 3. The van der Waals surface area contributed by atoms with Crippen LogP contribution in [0.3, 0.4) is 0 Å². The molecule has 0 unspecified atom stereocenters. The van der Waals surface area contributed by atoms with Gasteiger partial charge in [0.1, 0.15) is 13.6 Å². The van der Waals surface area contributed by atoms with Gasteiger partial charge in [-0.1, -0.05) is 23.7 Å². The summed E-state index contributed by atoms with van der Waals surface area (Å²) in [5, 5.41) is 7.90. The van der Waals surface area contributed by atoms with E-state index in [1.54, 1.807) is 28.8 Å². The maximum atomic E-state index is 12.2. The van der Waals surface area contributed by atoms with Crippen molar-refractivity contribution in [3.63, 3.8) is 0 Å². The van der Waals surface area contributed by atoms with Crippen LogP contribution in [0, 0.1) is 0 Å². The first kappa shape index (κ1) is 13.5. The van der Waals surface area contributed by atoms with Crippen LogP contribution in [-0.2, 0) is 0 Å². The highest BCUT2D eigenvalue weighted by Crippen LogP contribution is 2.27. The molecule has 0 N–H and O–H groups in total. The third kappa shape index (κ3) is 2.83. The van der Waals surface area contributed by atoms with Gasteiger partial charge < -0.3 is 4.74 Å². The molecule has 1 aromatic carbocycles. The van der Waals surface area contributed by atoms with E-state index in [1.807, 2.05) is 0 Å². The molecule has 0 spiro atoms. The fraction of sp³-hybridized carbons (Fsp3) is 0.0769. The second-order valence-corrected chi connectivity index (χ2v) is 4.29. The lowest BCUT2D eigenvalue weighted by molar-refractivity contribution is -0.274. The summed E-state index contributed by atoms with van der Waals surface area (Å²) in [7, 11) is 5.69. The lowest BCUT2D eigenvalue weighted by Crippen LogP contribution is -2.17. The molecule has 104 valence electrons. The van der Waals surface area contributed by atoms with E-state index in [1.165, 1.54) is 18.2 Å². The van der Waals surface area contributed by atoms with E-state index in [0.29, 0.717) is 22.5 Å². The quantitative estimate of drug-likeness (QED) is 0.678. The van der Waals surface area contributed by atoms with Crippen LogP contribution in [0.15, 0.2) is 42.6 Å². The van der Waals surface area contributed by atoms with E-state index >= 15 is 0 Å². The van der Waals surface area contributed by atoms with Gasteiger partial charge in [-0.2, -0.15) is 0 Å². The zero-order valence-electron chi connectivity index (χ0n) is 10.5. The first-order valence-electron chi connectivity index (χ1n) is 5.89. The van der Waals surface area contributed by atoms with Crippen molar-refractivity contribution in [1.29, 1.82) is 0 Å². The Bertz CT molecular complexity index is 801. The molecular formula is C13H7BF3N3O. The number of rotatable bonds is 2. The number of alkyl halides is 3. The van der Waals surface area contributed by atoms with Gasteiger partial charge in [-0.3, -0.25) is 4.40 Å². The van der Waals surface area contributed by atoms with Gasteiger partial charge in [0.2, 0.25) is 0 Å². The highest BCUT2D eigenvalue weighted by Gasteiger charge is 2.31. The fourth-order valence-electron chi connectivity index (χ4n) is 1.94. The summed E-state index contributed by atoms with van der Waals surface area (Å²) in [6.07, 6.45) is -3.14. The Hall–Kier alpha value is -2.51. The van der Waals surface area contributed by atoms with Crippen LogP contribution >= 0.6 is 0 Å². The molecule has 0 fully saturated rings. The van der Waals surface area contributed by atoms with E-state index in [9.17, 15) is 13.2 Å². The third-order valence-electron chi connectivity index (χ3n) is 2.75. The average Bonchev–Trinajstić information content (AvgIpc) is 2.80.